The molecule has 1 saturated carbocycles. The van der Waals surface area contributed by atoms with E-state index in [4.69, 9.17) is 0 Å². The number of Topliss-reactive ketones (excluding diaryl/α,β-unsaturated/α-hetero) is 1. The third-order valence-corrected chi connectivity index (χ3v) is 5.37. The molecule has 3 nitrogen and oxygen atoms in total. The van der Waals surface area contributed by atoms with Gasteiger partial charge in [0.15, 0.2) is 5.78 Å². The third kappa shape index (κ3) is 4.54. The number of ketones is 1. The van der Waals surface area contributed by atoms with Crippen LogP contribution in [0.4, 0.5) is 5.69 Å². The standard InChI is InChI=1S/C24H27NO2/c1-16(2)21-13-8-17(3)22(24(21)27)14-18-9-11-20(12-10-18)25-15-19-6-4-5-7-23(19)26/h4-7,9-12,14-17,21,26H,8,13H2,1-3H3/t17-,21+/m1/s1. The SMILES string of the molecule is CC(C)[C@@H]1CC[C@@H](C)C(=Cc2ccc(N=Cc3ccccc3O)cc2)C1=O. The van der Waals surface area contributed by atoms with Crippen LogP contribution in [0.3, 0.4) is 0 Å². The Morgan fingerprint density at radius 1 is 1.07 bits per heavy atom. The lowest BCUT2D eigenvalue weighted by Crippen LogP contribution is -2.30. The van der Waals surface area contributed by atoms with Crippen LogP contribution in [-0.2, 0) is 4.79 Å². The molecule has 1 aliphatic rings. The van der Waals surface area contributed by atoms with Gasteiger partial charge in [-0.1, -0.05) is 45.0 Å². The number of phenolic OH excluding ortho intramolecular Hbond substituents is 1. The van der Waals surface area contributed by atoms with Crippen LogP contribution in [0, 0.1) is 17.8 Å². The van der Waals surface area contributed by atoms with Gasteiger partial charge in [-0.2, -0.15) is 0 Å². The minimum atomic E-state index is 0.148. The molecular formula is C24H27NO2. The summed E-state index contributed by atoms with van der Waals surface area (Å²) in [6.45, 7) is 6.41. The molecule has 3 rings (SSSR count). The molecular weight excluding hydrogens is 334 g/mol. The zero-order valence-electron chi connectivity index (χ0n) is 16.2. The molecule has 140 valence electrons. The summed E-state index contributed by atoms with van der Waals surface area (Å²) in [4.78, 5) is 17.2. The van der Waals surface area contributed by atoms with Crippen LogP contribution in [0.2, 0.25) is 0 Å². The van der Waals surface area contributed by atoms with Crippen LogP contribution in [0.25, 0.3) is 6.08 Å². The normalized spacial score (nSPS) is 22.1. The van der Waals surface area contributed by atoms with Gasteiger partial charge in [-0.05, 0) is 66.2 Å². The van der Waals surface area contributed by atoms with E-state index < -0.39 is 0 Å². The molecule has 0 spiro atoms. The summed E-state index contributed by atoms with van der Waals surface area (Å²) in [5, 5.41) is 9.79. The average Bonchev–Trinajstić information content (AvgIpc) is 2.65. The number of carbonyl (C=O) groups is 1. The number of hydrogen-bond donors (Lipinski definition) is 1. The molecule has 0 radical (unpaired) electrons. The summed E-state index contributed by atoms with van der Waals surface area (Å²) in [5.74, 6) is 1.37. The van der Waals surface area contributed by atoms with Gasteiger partial charge in [0.05, 0.1) is 5.69 Å². The summed E-state index contributed by atoms with van der Waals surface area (Å²) in [5.41, 5.74) is 3.47. The van der Waals surface area contributed by atoms with Crippen LogP contribution < -0.4 is 0 Å². The van der Waals surface area contributed by atoms with E-state index in [2.05, 4.69) is 25.8 Å². The molecule has 2 aromatic carbocycles. The summed E-state index contributed by atoms with van der Waals surface area (Å²) in [7, 11) is 0. The Morgan fingerprint density at radius 2 is 1.78 bits per heavy atom. The molecule has 1 N–H and O–H groups in total. The molecule has 1 aliphatic carbocycles. The highest BCUT2D eigenvalue weighted by molar-refractivity contribution is 6.02. The van der Waals surface area contributed by atoms with Gasteiger partial charge < -0.3 is 5.11 Å². The maximum absolute atomic E-state index is 12.8. The highest BCUT2D eigenvalue weighted by Gasteiger charge is 2.32. The molecule has 1 fully saturated rings. The Kier molecular flexibility index (Phi) is 5.90. The predicted molar refractivity (Wildman–Crippen MR) is 112 cm³/mol. The summed E-state index contributed by atoms with van der Waals surface area (Å²) in [6.07, 6.45) is 5.76. The second-order valence-corrected chi connectivity index (χ2v) is 7.70. The van der Waals surface area contributed by atoms with Gasteiger partial charge in [-0.15, -0.1) is 0 Å². The van der Waals surface area contributed by atoms with Crippen molar-refractivity contribution in [1.82, 2.24) is 0 Å². The van der Waals surface area contributed by atoms with Crippen LogP contribution >= 0.6 is 0 Å². The number of hydrogen-bond acceptors (Lipinski definition) is 3. The fourth-order valence-corrected chi connectivity index (χ4v) is 3.60. The number of aromatic hydroxyl groups is 1. The van der Waals surface area contributed by atoms with Crippen molar-refractivity contribution in [2.24, 2.45) is 22.7 Å². The average molecular weight is 361 g/mol. The van der Waals surface area contributed by atoms with E-state index in [1.807, 2.05) is 42.5 Å². The number of benzene rings is 2. The molecule has 2 aromatic rings. The van der Waals surface area contributed by atoms with Crippen LogP contribution in [0.5, 0.6) is 5.75 Å². The number of nitrogens with zero attached hydrogens (tertiary/aromatic N) is 1. The van der Waals surface area contributed by atoms with Crippen molar-refractivity contribution in [3.63, 3.8) is 0 Å². The molecule has 0 heterocycles. The lowest BCUT2D eigenvalue weighted by atomic mass is 9.73. The fraction of sp³-hybridized carbons (Fsp3) is 0.333. The Hall–Kier alpha value is -2.68. The summed E-state index contributed by atoms with van der Waals surface area (Å²) >= 11 is 0. The van der Waals surface area contributed by atoms with E-state index in [9.17, 15) is 9.90 Å². The van der Waals surface area contributed by atoms with Gasteiger partial charge in [0.25, 0.3) is 0 Å². The van der Waals surface area contributed by atoms with Crippen molar-refractivity contribution < 1.29 is 9.90 Å². The van der Waals surface area contributed by atoms with Crippen molar-refractivity contribution in [2.75, 3.05) is 0 Å². The van der Waals surface area contributed by atoms with Crippen LogP contribution in [0.15, 0.2) is 59.1 Å². The Morgan fingerprint density at radius 3 is 2.44 bits per heavy atom. The molecule has 27 heavy (non-hydrogen) atoms. The fourth-order valence-electron chi connectivity index (χ4n) is 3.60. The van der Waals surface area contributed by atoms with E-state index in [-0.39, 0.29) is 11.7 Å². The molecule has 0 amide bonds. The van der Waals surface area contributed by atoms with Gasteiger partial charge in [0.1, 0.15) is 5.75 Å². The van der Waals surface area contributed by atoms with Crippen molar-refractivity contribution in [3.05, 3.63) is 65.2 Å². The molecule has 0 bridgehead atoms. The third-order valence-electron chi connectivity index (χ3n) is 5.37. The molecule has 0 unspecified atom stereocenters. The lowest BCUT2D eigenvalue weighted by Gasteiger charge is -2.30. The number of allylic oxidation sites excluding steroid dienone is 1. The van der Waals surface area contributed by atoms with Crippen LogP contribution in [-0.4, -0.2) is 17.1 Å². The first-order chi connectivity index (χ1) is 13.0. The first-order valence-corrected chi connectivity index (χ1v) is 9.63. The summed E-state index contributed by atoms with van der Waals surface area (Å²) in [6, 6.07) is 15.0. The maximum Gasteiger partial charge on any atom is 0.162 e. The maximum atomic E-state index is 12.8. The molecule has 0 saturated heterocycles. The second kappa shape index (κ2) is 8.34. The molecule has 2 atom stereocenters. The van der Waals surface area contributed by atoms with Crippen molar-refractivity contribution in [2.45, 2.75) is 33.6 Å². The monoisotopic (exact) mass is 361 g/mol. The second-order valence-electron chi connectivity index (χ2n) is 7.70. The van der Waals surface area contributed by atoms with Crippen molar-refractivity contribution in [3.8, 4) is 5.75 Å². The van der Waals surface area contributed by atoms with Crippen molar-refractivity contribution >= 4 is 23.8 Å². The van der Waals surface area contributed by atoms with Crippen LogP contribution in [0.1, 0.15) is 44.7 Å². The van der Waals surface area contributed by atoms with Gasteiger partial charge in [-0.25, -0.2) is 0 Å². The largest absolute Gasteiger partial charge is 0.507 e. The molecule has 3 heteroatoms. The Balaban J connectivity index is 1.78. The lowest BCUT2D eigenvalue weighted by molar-refractivity contribution is -0.122. The quantitative estimate of drug-likeness (QED) is 0.553. The number of aliphatic imine (C=N–C) groups is 1. The Bertz CT molecular complexity index is 862. The van der Waals surface area contributed by atoms with Gasteiger partial charge >= 0.3 is 0 Å². The Labute approximate surface area is 161 Å². The van der Waals surface area contributed by atoms with E-state index >= 15 is 0 Å². The summed E-state index contributed by atoms with van der Waals surface area (Å²) < 4.78 is 0. The molecule has 0 aliphatic heterocycles. The number of carbonyl (C=O) groups excluding carboxylic acids is 1. The number of rotatable bonds is 4. The molecule has 0 aromatic heterocycles. The zero-order chi connectivity index (χ0) is 19.4. The highest BCUT2D eigenvalue weighted by Crippen LogP contribution is 2.35. The van der Waals surface area contributed by atoms with Gasteiger partial charge in [0.2, 0.25) is 0 Å². The van der Waals surface area contributed by atoms with E-state index in [1.54, 1.807) is 18.3 Å². The zero-order valence-corrected chi connectivity index (χ0v) is 16.2. The van der Waals surface area contributed by atoms with Crippen molar-refractivity contribution in [1.29, 1.82) is 0 Å². The van der Waals surface area contributed by atoms with Gasteiger partial charge in [-0.3, -0.25) is 9.79 Å². The minimum Gasteiger partial charge on any atom is -0.507 e. The van der Waals surface area contributed by atoms with Gasteiger partial charge in [0, 0.05) is 17.7 Å². The number of phenols is 1. The van der Waals surface area contributed by atoms with E-state index in [0.29, 0.717) is 23.2 Å². The number of para-hydroxylation sites is 1. The topological polar surface area (TPSA) is 49.7 Å². The first kappa shape index (κ1) is 19.1. The first-order valence-electron chi connectivity index (χ1n) is 9.63. The predicted octanol–water partition coefficient (Wildman–Crippen LogP) is 5.80. The smallest absolute Gasteiger partial charge is 0.162 e. The highest BCUT2D eigenvalue weighted by atomic mass is 16.3. The van der Waals surface area contributed by atoms with E-state index in [0.717, 1.165) is 29.7 Å². The van der Waals surface area contributed by atoms with E-state index in [1.165, 1.54) is 0 Å². The minimum absolute atomic E-state index is 0.148.